The van der Waals surface area contributed by atoms with Crippen molar-refractivity contribution in [1.82, 2.24) is 0 Å². The van der Waals surface area contributed by atoms with Gasteiger partial charge in [0.25, 0.3) is 0 Å². The summed E-state index contributed by atoms with van der Waals surface area (Å²) in [7, 11) is 1.46. The van der Waals surface area contributed by atoms with Crippen molar-refractivity contribution in [2.24, 2.45) is 0 Å². The van der Waals surface area contributed by atoms with E-state index in [-0.39, 0.29) is 11.7 Å². The molecule has 1 aromatic rings. The molecule has 3 nitrogen and oxygen atoms in total. The van der Waals surface area contributed by atoms with Crippen molar-refractivity contribution in [3.05, 3.63) is 22.7 Å². The molecule has 15 heavy (non-hydrogen) atoms. The van der Waals surface area contributed by atoms with Gasteiger partial charge in [0.1, 0.15) is 6.29 Å². The van der Waals surface area contributed by atoms with Crippen molar-refractivity contribution in [3.8, 4) is 11.5 Å². The van der Waals surface area contributed by atoms with Gasteiger partial charge in [0.2, 0.25) is 0 Å². The molecule has 0 aliphatic heterocycles. The molecule has 1 N–H and O–H groups in total. The molecule has 4 heteroatoms. The average Bonchev–Trinajstić information content (AvgIpc) is 2.21. The first kappa shape index (κ1) is 11.9. The van der Waals surface area contributed by atoms with Crippen LogP contribution in [0.4, 0.5) is 0 Å². The highest BCUT2D eigenvalue weighted by Crippen LogP contribution is 2.40. The molecule has 0 saturated heterocycles. The van der Waals surface area contributed by atoms with Crippen molar-refractivity contribution in [1.29, 1.82) is 0 Å². The molecule has 0 heterocycles. The lowest BCUT2D eigenvalue weighted by molar-refractivity contribution is -0.108. The second-order valence-electron chi connectivity index (χ2n) is 3.32. The molecule has 1 unspecified atom stereocenters. The summed E-state index contributed by atoms with van der Waals surface area (Å²) in [5.74, 6) is 0.309. The van der Waals surface area contributed by atoms with Gasteiger partial charge in [-0.05, 0) is 18.1 Å². The Balaban J connectivity index is 3.23. The summed E-state index contributed by atoms with van der Waals surface area (Å²) < 4.78 is 5.07. The highest BCUT2D eigenvalue weighted by molar-refractivity contribution is 6.31. The standard InChI is InChI=1S/C11H13ClO3/c1-7(5-6-13)10-8(12)3-4-9(14)11(10)15-2/h3-4,6-7,14H,5H2,1-2H3. The number of methoxy groups -OCH3 is 1. The molecular weight excluding hydrogens is 216 g/mol. The second kappa shape index (κ2) is 5.03. The quantitative estimate of drug-likeness (QED) is 0.806. The third-order valence-corrected chi connectivity index (χ3v) is 2.60. The Bertz CT molecular complexity index is 363. The number of carbonyl (C=O) groups excluding carboxylic acids is 1. The van der Waals surface area contributed by atoms with Gasteiger partial charge < -0.3 is 14.6 Å². The SMILES string of the molecule is COc1c(O)ccc(Cl)c1C(C)CC=O. The third kappa shape index (κ3) is 2.42. The number of halogens is 1. The van der Waals surface area contributed by atoms with Crippen molar-refractivity contribution < 1.29 is 14.6 Å². The normalized spacial score (nSPS) is 12.2. The van der Waals surface area contributed by atoms with Crippen LogP contribution in [0.5, 0.6) is 11.5 Å². The monoisotopic (exact) mass is 228 g/mol. The van der Waals surface area contributed by atoms with Gasteiger partial charge in [-0.15, -0.1) is 0 Å². The molecule has 1 atom stereocenters. The van der Waals surface area contributed by atoms with E-state index in [1.165, 1.54) is 13.2 Å². The van der Waals surface area contributed by atoms with Crippen LogP contribution in [0.3, 0.4) is 0 Å². The minimum atomic E-state index is -0.0722. The summed E-state index contributed by atoms with van der Waals surface area (Å²) in [4.78, 5) is 10.4. The number of aldehydes is 1. The number of hydrogen-bond acceptors (Lipinski definition) is 3. The summed E-state index contributed by atoms with van der Waals surface area (Å²) in [5.41, 5.74) is 0.672. The minimum absolute atomic E-state index is 0.0367. The van der Waals surface area contributed by atoms with Gasteiger partial charge in [0.05, 0.1) is 7.11 Å². The van der Waals surface area contributed by atoms with E-state index in [1.807, 2.05) is 6.92 Å². The lowest BCUT2D eigenvalue weighted by atomic mass is 9.97. The van der Waals surface area contributed by atoms with Crippen LogP contribution in [0.25, 0.3) is 0 Å². The van der Waals surface area contributed by atoms with Crippen molar-refractivity contribution in [2.45, 2.75) is 19.3 Å². The molecule has 0 aromatic heterocycles. The van der Waals surface area contributed by atoms with E-state index in [0.29, 0.717) is 22.8 Å². The highest BCUT2D eigenvalue weighted by atomic mass is 35.5. The summed E-state index contributed by atoms with van der Waals surface area (Å²) in [6, 6.07) is 3.06. The predicted molar refractivity (Wildman–Crippen MR) is 58.8 cm³/mol. The van der Waals surface area contributed by atoms with E-state index < -0.39 is 0 Å². The smallest absolute Gasteiger partial charge is 0.165 e. The molecule has 0 spiro atoms. The van der Waals surface area contributed by atoms with Crippen LogP contribution < -0.4 is 4.74 Å². The lowest BCUT2D eigenvalue weighted by Gasteiger charge is -2.16. The van der Waals surface area contributed by atoms with Crippen molar-refractivity contribution in [3.63, 3.8) is 0 Å². The summed E-state index contributed by atoms with van der Waals surface area (Å²) in [6.45, 7) is 1.86. The van der Waals surface area contributed by atoms with Crippen molar-refractivity contribution >= 4 is 17.9 Å². The van der Waals surface area contributed by atoms with E-state index in [9.17, 15) is 9.90 Å². The number of benzene rings is 1. The van der Waals surface area contributed by atoms with Crippen LogP contribution in [0.2, 0.25) is 5.02 Å². The minimum Gasteiger partial charge on any atom is -0.504 e. The van der Waals surface area contributed by atoms with Gasteiger partial charge >= 0.3 is 0 Å². The van der Waals surface area contributed by atoms with Gasteiger partial charge in [0, 0.05) is 17.0 Å². The molecule has 1 rings (SSSR count). The Morgan fingerprint density at radius 2 is 2.27 bits per heavy atom. The number of aromatic hydroxyl groups is 1. The van der Waals surface area contributed by atoms with E-state index in [2.05, 4.69) is 0 Å². The second-order valence-corrected chi connectivity index (χ2v) is 3.72. The fraction of sp³-hybridized carbons (Fsp3) is 0.364. The number of carbonyl (C=O) groups is 1. The van der Waals surface area contributed by atoms with Crippen LogP contribution >= 0.6 is 11.6 Å². The van der Waals surface area contributed by atoms with Gasteiger partial charge in [-0.3, -0.25) is 0 Å². The zero-order valence-electron chi connectivity index (χ0n) is 8.66. The average molecular weight is 229 g/mol. The van der Waals surface area contributed by atoms with Gasteiger partial charge in [-0.2, -0.15) is 0 Å². The van der Waals surface area contributed by atoms with Crippen LogP contribution in [0.15, 0.2) is 12.1 Å². The van der Waals surface area contributed by atoms with Crippen LogP contribution in [0, 0.1) is 0 Å². The Labute approximate surface area is 93.6 Å². The zero-order valence-corrected chi connectivity index (χ0v) is 9.41. The van der Waals surface area contributed by atoms with Crippen LogP contribution in [-0.4, -0.2) is 18.5 Å². The van der Waals surface area contributed by atoms with Gasteiger partial charge in [-0.25, -0.2) is 0 Å². The topological polar surface area (TPSA) is 46.5 Å². The van der Waals surface area contributed by atoms with E-state index in [1.54, 1.807) is 6.07 Å². The first-order chi connectivity index (χ1) is 7.11. The molecule has 0 radical (unpaired) electrons. The summed E-state index contributed by atoms with van der Waals surface area (Å²) >= 11 is 6.00. The Hall–Kier alpha value is -1.22. The van der Waals surface area contributed by atoms with Gasteiger partial charge in [-0.1, -0.05) is 18.5 Å². The maximum Gasteiger partial charge on any atom is 0.165 e. The van der Waals surface area contributed by atoms with Crippen molar-refractivity contribution in [2.75, 3.05) is 7.11 Å². The number of rotatable bonds is 4. The van der Waals surface area contributed by atoms with E-state index >= 15 is 0 Å². The molecule has 1 aromatic carbocycles. The van der Waals surface area contributed by atoms with E-state index in [0.717, 1.165) is 6.29 Å². The fourth-order valence-electron chi connectivity index (χ4n) is 1.50. The molecule has 0 fully saturated rings. The Morgan fingerprint density at radius 3 is 2.80 bits per heavy atom. The predicted octanol–water partition coefficient (Wildman–Crippen LogP) is 2.75. The molecule has 82 valence electrons. The lowest BCUT2D eigenvalue weighted by Crippen LogP contribution is -1.99. The summed E-state index contributed by atoms with van der Waals surface area (Å²) in [6.07, 6.45) is 1.17. The van der Waals surface area contributed by atoms with Crippen LogP contribution in [-0.2, 0) is 4.79 Å². The molecule has 0 bridgehead atoms. The Kier molecular flexibility index (Phi) is 3.97. The molecule has 0 saturated carbocycles. The number of phenolic OH excluding ortho intramolecular Hbond substituents is 1. The maximum atomic E-state index is 10.4. The molecule has 0 aliphatic carbocycles. The Morgan fingerprint density at radius 1 is 1.60 bits per heavy atom. The fourth-order valence-corrected chi connectivity index (χ4v) is 1.83. The first-order valence-electron chi connectivity index (χ1n) is 4.60. The molecular formula is C11H13ClO3. The molecule has 0 aliphatic rings. The van der Waals surface area contributed by atoms with Crippen LogP contribution in [0.1, 0.15) is 24.8 Å². The zero-order chi connectivity index (χ0) is 11.4. The molecule has 0 amide bonds. The van der Waals surface area contributed by atoms with Gasteiger partial charge in [0.15, 0.2) is 11.5 Å². The van der Waals surface area contributed by atoms with E-state index in [4.69, 9.17) is 16.3 Å². The largest absolute Gasteiger partial charge is 0.504 e. The first-order valence-corrected chi connectivity index (χ1v) is 4.98. The number of ether oxygens (including phenoxy) is 1. The third-order valence-electron chi connectivity index (χ3n) is 2.27. The summed E-state index contributed by atoms with van der Waals surface area (Å²) in [5, 5.41) is 10.1. The number of hydrogen-bond donors (Lipinski definition) is 1. The highest BCUT2D eigenvalue weighted by Gasteiger charge is 2.18. The number of phenols is 1. The maximum absolute atomic E-state index is 10.4.